The molecule has 0 radical (unpaired) electrons. The SMILES string of the molecule is COc1ccc(CCNC(=O)c2cn3c4c(cccc4c2=O)C[C@H]3C)cc1OC. The van der Waals surface area contributed by atoms with Crippen molar-refractivity contribution in [3.63, 3.8) is 0 Å². The molecule has 29 heavy (non-hydrogen) atoms. The summed E-state index contributed by atoms with van der Waals surface area (Å²) in [5.74, 6) is 0.971. The van der Waals surface area contributed by atoms with E-state index in [1.165, 1.54) is 0 Å². The van der Waals surface area contributed by atoms with Gasteiger partial charge in [0.1, 0.15) is 5.56 Å². The maximum atomic E-state index is 12.9. The molecule has 1 amide bonds. The summed E-state index contributed by atoms with van der Waals surface area (Å²) in [5.41, 5.74) is 3.10. The van der Waals surface area contributed by atoms with E-state index in [-0.39, 0.29) is 22.9 Å². The van der Waals surface area contributed by atoms with Gasteiger partial charge in [-0.25, -0.2) is 0 Å². The van der Waals surface area contributed by atoms with Crippen molar-refractivity contribution in [3.8, 4) is 11.5 Å². The third-order valence-corrected chi connectivity index (χ3v) is 5.52. The number of ether oxygens (including phenoxy) is 2. The predicted octanol–water partition coefficient (Wildman–Crippen LogP) is 3.11. The smallest absolute Gasteiger partial charge is 0.256 e. The predicted molar refractivity (Wildman–Crippen MR) is 112 cm³/mol. The first-order chi connectivity index (χ1) is 14.0. The number of rotatable bonds is 6. The fourth-order valence-electron chi connectivity index (χ4n) is 4.03. The molecule has 1 aromatic heterocycles. The van der Waals surface area contributed by atoms with Crippen LogP contribution in [0.3, 0.4) is 0 Å². The molecule has 150 valence electrons. The van der Waals surface area contributed by atoms with Crippen LogP contribution in [0.25, 0.3) is 10.9 Å². The van der Waals surface area contributed by atoms with Crippen molar-refractivity contribution in [2.75, 3.05) is 20.8 Å². The monoisotopic (exact) mass is 392 g/mol. The van der Waals surface area contributed by atoms with E-state index in [1.807, 2.05) is 30.3 Å². The molecule has 6 heteroatoms. The van der Waals surface area contributed by atoms with E-state index in [1.54, 1.807) is 26.5 Å². The summed E-state index contributed by atoms with van der Waals surface area (Å²) in [5, 5.41) is 3.49. The Morgan fingerprint density at radius 1 is 1.17 bits per heavy atom. The molecule has 3 aromatic rings. The summed E-state index contributed by atoms with van der Waals surface area (Å²) in [6.07, 6.45) is 3.20. The van der Waals surface area contributed by atoms with Crippen LogP contribution in [-0.4, -0.2) is 31.2 Å². The Kier molecular flexibility index (Phi) is 5.01. The summed E-state index contributed by atoms with van der Waals surface area (Å²) in [6.45, 7) is 2.52. The lowest BCUT2D eigenvalue weighted by Gasteiger charge is -2.13. The van der Waals surface area contributed by atoms with Crippen LogP contribution < -0.4 is 20.2 Å². The maximum absolute atomic E-state index is 12.9. The van der Waals surface area contributed by atoms with E-state index in [0.29, 0.717) is 29.9 Å². The number of nitrogens with zero attached hydrogens (tertiary/aromatic N) is 1. The standard InChI is InChI=1S/C23H24N2O4/c1-14-11-16-5-4-6-17-21(16)25(14)13-18(22(17)26)23(27)24-10-9-15-7-8-19(28-2)20(12-15)29-3/h4-8,12-14H,9-11H2,1-3H3,(H,24,27)/t14-/m1/s1. The molecule has 2 heterocycles. The van der Waals surface area contributed by atoms with Crippen molar-refractivity contribution in [3.05, 3.63) is 69.5 Å². The lowest BCUT2D eigenvalue weighted by Crippen LogP contribution is -2.31. The molecule has 1 atom stereocenters. The Hall–Kier alpha value is -3.28. The van der Waals surface area contributed by atoms with Crippen molar-refractivity contribution < 1.29 is 14.3 Å². The molecule has 0 aliphatic carbocycles. The number of carbonyl (C=O) groups excluding carboxylic acids is 1. The van der Waals surface area contributed by atoms with Gasteiger partial charge in [0.2, 0.25) is 5.43 Å². The van der Waals surface area contributed by atoms with Crippen LogP contribution >= 0.6 is 0 Å². The van der Waals surface area contributed by atoms with Gasteiger partial charge in [0.05, 0.1) is 19.7 Å². The lowest BCUT2D eigenvalue weighted by atomic mass is 10.1. The van der Waals surface area contributed by atoms with Gasteiger partial charge in [-0.15, -0.1) is 0 Å². The molecular weight excluding hydrogens is 368 g/mol. The molecule has 0 unspecified atom stereocenters. The lowest BCUT2D eigenvalue weighted by molar-refractivity contribution is 0.0952. The Balaban J connectivity index is 1.52. The van der Waals surface area contributed by atoms with Crippen LogP contribution in [0, 0.1) is 0 Å². The molecule has 6 nitrogen and oxygen atoms in total. The minimum absolute atomic E-state index is 0.190. The topological polar surface area (TPSA) is 69.6 Å². The molecule has 1 aliphatic rings. The fourth-order valence-corrected chi connectivity index (χ4v) is 4.03. The number of amides is 1. The van der Waals surface area contributed by atoms with Crippen molar-refractivity contribution in [1.29, 1.82) is 0 Å². The second kappa shape index (κ2) is 7.62. The van der Waals surface area contributed by atoms with Crippen LogP contribution in [0.2, 0.25) is 0 Å². The van der Waals surface area contributed by atoms with Crippen LogP contribution in [0.4, 0.5) is 0 Å². The van der Waals surface area contributed by atoms with Crippen LogP contribution in [-0.2, 0) is 12.8 Å². The van der Waals surface area contributed by atoms with Gasteiger partial charge >= 0.3 is 0 Å². The van der Waals surface area contributed by atoms with Crippen molar-refractivity contribution in [1.82, 2.24) is 9.88 Å². The summed E-state index contributed by atoms with van der Waals surface area (Å²) < 4.78 is 12.6. The van der Waals surface area contributed by atoms with E-state index >= 15 is 0 Å². The van der Waals surface area contributed by atoms with Crippen molar-refractivity contribution in [2.45, 2.75) is 25.8 Å². The van der Waals surface area contributed by atoms with Crippen LogP contribution in [0.15, 0.2) is 47.4 Å². The number of hydrogen-bond donors (Lipinski definition) is 1. The zero-order valence-electron chi connectivity index (χ0n) is 16.8. The number of methoxy groups -OCH3 is 2. The largest absolute Gasteiger partial charge is 0.493 e. The number of carbonyl (C=O) groups is 1. The first-order valence-electron chi connectivity index (χ1n) is 9.69. The van der Waals surface area contributed by atoms with E-state index in [2.05, 4.69) is 16.8 Å². The quantitative estimate of drug-likeness (QED) is 0.700. The summed E-state index contributed by atoms with van der Waals surface area (Å²) >= 11 is 0. The summed E-state index contributed by atoms with van der Waals surface area (Å²) in [7, 11) is 3.18. The number of benzene rings is 2. The van der Waals surface area contributed by atoms with Gasteiger partial charge in [0.25, 0.3) is 5.91 Å². The highest BCUT2D eigenvalue weighted by Crippen LogP contribution is 2.31. The number of aromatic nitrogens is 1. The highest BCUT2D eigenvalue weighted by molar-refractivity contribution is 5.98. The number of nitrogens with one attached hydrogen (secondary N) is 1. The summed E-state index contributed by atoms with van der Waals surface area (Å²) in [6, 6.07) is 11.6. The number of para-hydroxylation sites is 1. The third kappa shape index (κ3) is 3.35. The Morgan fingerprint density at radius 3 is 2.72 bits per heavy atom. The number of pyridine rings is 1. The molecule has 0 saturated carbocycles. The van der Waals surface area contributed by atoms with Crippen molar-refractivity contribution >= 4 is 16.8 Å². The van der Waals surface area contributed by atoms with E-state index in [9.17, 15) is 9.59 Å². The fraction of sp³-hybridized carbons (Fsp3) is 0.304. The normalized spacial score (nSPS) is 14.8. The molecule has 1 aliphatic heterocycles. The molecule has 0 saturated heterocycles. The second-order valence-corrected chi connectivity index (χ2v) is 7.34. The molecular formula is C23H24N2O4. The first-order valence-corrected chi connectivity index (χ1v) is 9.69. The Labute approximate surface area is 169 Å². The van der Waals surface area contributed by atoms with E-state index in [4.69, 9.17) is 9.47 Å². The summed E-state index contributed by atoms with van der Waals surface area (Å²) in [4.78, 5) is 25.6. The Morgan fingerprint density at radius 2 is 1.97 bits per heavy atom. The minimum atomic E-state index is -0.342. The van der Waals surface area contributed by atoms with Crippen LogP contribution in [0.5, 0.6) is 11.5 Å². The first kappa shape index (κ1) is 19.1. The van der Waals surface area contributed by atoms with Crippen molar-refractivity contribution in [2.24, 2.45) is 0 Å². The molecule has 1 N–H and O–H groups in total. The van der Waals surface area contributed by atoms with Gasteiger partial charge in [0.15, 0.2) is 11.5 Å². The zero-order chi connectivity index (χ0) is 20.5. The molecule has 2 aromatic carbocycles. The van der Waals surface area contributed by atoms with Crippen LogP contribution in [0.1, 0.15) is 34.5 Å². The van der Waals surface area contributed by atoms with Gasteiger partial charge in [-0.05, 0) is 49.1 Å². The van der Waals surface area contributed by atoms with Gasteiger partial charge in [-0.2, -0.15) is 0 Å². The molecule has 4 rings (SSSR count). The second-order valence-electron chi connectivity index (χ2n) is 7.34. The number of hydrogen-bond acceptors (Lipinski definition) is 4. The van der Waals surface area contributed by atoms with E-state index < -0.39 is 0 Å². The molecule has 0 spiro atoms. The maximum Gasteiger partial charge on any atom is 0.256 e. The van der Waals surface area contributed by atoms with Gasteiger partial charge < -0.3 is 19.4 Å². The Bertz CT molecular complexity index is 1150. The van der Waals surface area contributed by atoms with E-state index in [0.717, 1.165) is 23.1 Å². The highest BCUT2D eigenvalue weighted by Gasteiger charge is 2.24. The average Bonchev–Trinajstić information content (AvgIpc) is 3.06. The highest BCUT2D eigenvalue weighted by atomic mass is 16.5. The van der Waals surface area contributed by atoms with Gasteiger partial charge in [-0.1, -0.05) is 18.2 Å². The third-order valence-electron chi connectivity index (χ3n) is 5.52. The van der Waals surface area contributed by atoms with Gasteiger partial charge in [0, 0.05) is 24.2 Å². The van der Waals surface area contributed by atoms with Gasteiger partial charge in [-0.3, -0.25) is 9.59 Å². The molecule has 0 bridgehead atoms. The average molecular weight is 392 g/mol. The molecule has 0 fully saturated rings. The minimum Gasteiger partial charge on any atom is -0.493 e. The zero-order valence-corrected chi connectivity index (χ0v) is 16.8.